The molecule has 1 saturated carbocycles. The van der Waals surface area contributed by atoms with E-state index in [1.165, 1.54) is 19.3 Å². The van der Waals surface area contributed by atoms with Crippen LogP contribution in [0, 0.1) is 11.8 Å². The Morgan fingerprint density at radius 2 is 2.10 bits per heavy atom. The topological polar surface area (TPSA) is 49.3 Å². The third kappa shape index (κ3) is 3.85. The average molecular weight is 271 g/mol. The first-order chi connectivity index (χ1) is 9.63. The molecule has 1 aliphatic carbocycles. The van der Waals surface area contributed by atoms with Crippen molar-refractivity contribution >= 4 is 5.91 Å². The Morgan fingerprint density at radius 1 is 1.35 bits per heavy atom. The van der Waals surface area contributed by atoms with Crippen LogP contribution in [0.25, 0.3) is 0 Å². The molecule has 1 fully saturated rings. The third-order valence-corrected chi connectivity index (χ3v) is 3.81. The van der Waals surface area contributed by atoms with E-state index in [0.717, 1.165) is 18.4 Å². The van der Waals surface area contributed by atoms with Crippen molar-refractivity contribution in [1.82, 2.24) is 5.32 Å². The summed E-state index contributed by atoms with van der Waals surface area (Å²) in [6.45, 7) is 1.95. The Hall–Kier alpha value is -1.79. The minimum Gasteiger partial charge on any atom is -0.384 e. The molecule has 0 unspecified atom stereocenters. The Kier molecular flexibility index (Phi) is 4.81. The van der Waals surface area contributed by atoms with E-state index >= 15 is 0 Å². The van der Waals surface area contributed by atoms with Gasteiger partial charge in [0, 0.05) is 16.7 Å². The number of benzene rings is 1. The van der Waals surface area contributed by atoms with Crippen molar-refractivity contribution in [2.75, 3.05) is 6.61 Å². The molecule has 0 aliphatic heterocycles. The van der Waals surface area contributed by atoms with Gasteiger partial charge in [0.2, 0.25) is 0 Å². The Morgan fingerprint density at radius 3 is 2.80 bits per heavy atom. The number of carbonyl (C=O) groups is 1. The monoisotopic (exact) mass is 271 g/mol. The highest BCUT2D eigenvalue weighted by molar-refractivity contribution is 5.95. The van der Waals surface area contributed by atoms with E-state index in [0.29, 0.717) is 5.56 Å². The number of hydrogen-bond donors (Lipinski definition) is 2. The summed E-state index contributed by atoms with van der Waals surface area (Å²) in [5.41, 5.74) is 1.30. The van der Waals surface area contributed by atoms with E-state index in [4.69, 9.17) is 5.11 Å². The second-order valence-corrected chi connectivity index (χ2v) is 5.62. The summed E-state index contributed by atoms with van der Waals surface area (Å²) in [6.07, 6.45) is 5.71. The van der Waals surface area contributed by atoms with Gasteiger partial charge in [0.05, 0.1) is 0 Å². The summed E-state index contributed by atoms with van der Waals surface area (Å²) in [5, 5.41) is 11.9. The van der Waals surface area contributed by atoms with E-state index in [1.54, 1.807) is 12.1 Å². The fourth-order valence-corrected chi connectivity index (χ4v) is 2.68. The van der Waals surface area contributed by atoms with Crippen LogP contribution in [0.3, 0.4) is 0 Å². The molecule has 0 spiro atoms. The molecular weight excluding hydrogens is 250 g/mol. The Bertz CT molecular complexity index is 533. The second-order valence-electron chi connectivity index (χ2n) is 5.62. The molecule has 0 radical (unpaired) electrons. The molecule has 1 aromatic carbocycles. The van der Waals surface area contributed by atoms with Crippen LogP contribution in [0.4, 0.5) is 0 Å². The lowest BCUT2D eigenvalue weighted by Crippen LogP contribution is -2.47. The van der Waals surface area contributed by atoms with Crippen molar-refractivity contribution in [2.24, 2.45) is 0 Å². The summed E-state index contributed by atoms with van der Waals surface area (Å²) in [7, 11) is 0. The molecule has 0 heterocycles. The van der Waals surface area contributed by atoms with Gasteiger partial charge < -0.3 is 10.4 Å². The number of carbonyl (C=O) groups excluding carboxylic acids is 1. The number of aliphatic hydroxyl groups is 1. The first-order valence-corrected chi connectivity index (χ1v) is 7.15. The normalized spacial score (nSPS) is 16.9. The van der Waals surface area contributed by atoms with Crippen molar-refractivity contribution < 1.29 is 9.90 Å². The molecule has 106 valence electrons. The lowest BCUT2D eigenvalue weighted by atomic mass is 9.83. The molecule has 0 saturated heterocycles. The van der Waals surface area contributed by atoms with E-state index in [1.807, 2.05) is 12.1 Å². The predicted octanol–water partition coefficient (Wildman–Crippen LogP) is 2.48. The first-order valence-electron chi connectivity index (χ1n) is 7.15. The molecular formula is C17H21NO2. The minimum atomic E-state index is -0.172. The summed E-state index contributed by atoms with van der Waals surface area (Å²) in [6, 6.07) is 7.22. The van der Waals surface area contributed by atoms with Crippen molar-refractivity contribution in [3.05, 3.63) is 35.4 Å². The zero-order valence-corrected chi connectivity index (χ0v) is 11.9. The van der Waals surface area contributed by atoms with Crippen LogP contribution in [0.2, 0.25) is 0 Å². The molecule has 3 nitrogen and oxygen atoms in total. The maximum absolute atomic E-state index is 12.3. The van der Waals surface area contributed by atoms with E-state index < -0.39 is 0 Å². The smallest absolute Gasteiger partial charge is 0.251 e. The zero-order chi connectivity index (χ0) is 14.4. The van der Waals surface area contributed by atoms with Crippen molar-refractivity contribution in [2.45, 2.75) is 44.6 Å². The standard InChI is InChI=1S/C17H21NO2/c1-17(10-3-2-4-11-17)18-16(20)15-9-5-7-14(13-15)8-6-12-19/h5,7,9,13,19H,2-4,10-12H2,1H3,(H,18,20). The lowest BCUT2D eigenvalue weighted by Gasteiger charge is -2.34. The third-order valence-electron chi connectivity index (χ3n) is 3.81. The molecule has 2 rings (SSSR count). The van der Waals surface area contributed by atoms with Crippen LogP contribution in [0.5, 0.6) is 0 Å². The van der Waals surface area contributed by atoms with Crippen LogP contribution in [-0.2, 0) is 0 Å². The number of hydrogen-bond acceptors (Lipinski definition) is 2. The summed E-state index contributed by atoms with van der Waals surface area (Å²) in [5.74, 6) is 5.38. The fraction of sp³-hybridized carbons (Fsp3) is 0.471. The van der Waals surface area contributed by atoms with Crippen LogP contribution in [-0.4, -0.2) is 23.2 Å². The van der Waals surface area contributed by atoms with Gasteiger partial charge in [-0.3, -0.25) is 4.79 Å². The van der Waals surface area contributed by atoms with Gasteiger partial charge in [-0.1, -0.05) is 37.2 Å². The van der Waals surface area contributed by atoms with Gasteiger partial charge in [0.1, 0.15) is 6.61 Å². The first kappa shape index (κ1) is 14.6. The Balaban J connectivity index is 2.08. The molecule has 1 amide bonds. The van der Waals surface area contributed by atoms with Crippen LogP contribution in [0.15, 0.2) is 24.3 Å². The lowest BCUT2D eigenvalue weighted by molar-refractivity contribution is 0.0882. The predicted molar refractivity (Wildman–Crippen MR) is 79.4 cm³/mol. The fourth-order valence-electron chi connectivity index (χ4n) is 2.68. The van der Waals surface area contributed by atoms with Gasteiger partial charge in [-0.2, -0.15) is 0 Å². The number of amides is 1. The van der Waals surface area contributed by atoms with Gasteiger partial charge in [0.15, 0.2) is 0 Å². The Labute approximate surface area is 120 Å². The summed E-state index contributed by atoms with van der Waals surface area (Å²) >= 11 is 0. The van der Waals surface area contributed by atoms with E-state index in [2.05, 4.69) is 24.1 Å². The maximum atomic E-state index is 12.3. The highest BCUT2D eigenvalue weighted by Gasteiger charge is 2.28. The van der Waals surface area contributed by atoms with Crippen LogP contribution < -0.4 is 5.32 Å². The van der Waals surface area contributed by atoms with E-state index in [9.17, 15) is 4.79 Å². The highest BCUT2D eigenvalue weighted by Crippen LogP contribution is 2.27. The number of nitrogens with one attached hydrogen (secondary N) is 1. The largest absolute Gasteiger partial charge is 0.384 e. The summed E-state index contributed by atoms with van der Waals surface area (Å²) in [4.78, 5) is 12.3. The molecule has 1 aromatic rings. The molecule has 1 aliphatic rings. The van der Waals surface area contributed by atoms with Gasteiger partial charge in [-0.25, -0.2) is 0 Å². The van der Waals surface area contributed by atoms with Crippen molar-refractivity contribution in [1.29, 1.82) is 0 Å². The van der Waals surface area contributed by atoms with Gasteiger partial charge in [-0.05, 0) is 38.0 Å². The zero-order valence-electron chi connectivity index (χ0n) is 11.9. The SMILES string of the molecule is CC1(NC(=O)c2cccc(C#CCO)c2)CCCCC1. The van der Waals surface area contributed by atoms with Crippen molar-refractivity contribution in [3.8, 4) is 11.8 Å². The molecule has 0 bridgehead atoms. The maximum Gasteiger partial charge on any atom is 0.251 e. The van der Waals surface area contributed by atoms with Gasteiger partial charge in [0.25, 0.3) is 5.91 Å². The number of rotatable bonds is 2. The van der Waals surface area contributed by atoms with Gasteiger partial charge in [-0.15, -0.1) is 0 Å². The van der Waals surface area contributed by atoms with Gasteiger partial charge >= 0.3 is 0 Å². The average Bonchev–Trinajstić information content (AvgIpc) is 2.45. The van der Waals surface area contributed by atoms with Crippen LogP contribution in [0.1, 0.15) is 54.9 Å². The van der Waals surface area contributed by atoms with Crippen molar-refractivity contribution in [3.63, 3.8) is 0 Å². The summed E-state index contributed by atoms with van der Waals surface area (Å²) < 4.78 is 0. The molecule has 0 atom stereocenters. The molecule has 3 heteroatoms. The van der Waals surface area contributed by atoms with Crippen LogP contribution >= 0.6 is 0 Å². The highest BCUT2D eigenvalue weighted by atomic mass is 16.2. The molecule has 0 aromatic heterocycles. The molecule has 2 N–H and O–H groups in total. The number of aliphatic hydroxyl groups excluding tert-OH is 1. The molecule has 20 heavy (non-hydrogen) atoms. The minimum absolute atomic E-state index is 0.0398. The van der Waals surface area contributed by atoms with E-state index in [-0.39, 0.29) is 18.1 Å². The quantitative estimate of drug-likeness (QED) is 0.812. The second kappa shape index (κ2) is 6.58.